The van der Waals surface area contributed by atoms with Crippen LogP contribution in [0.25, 0.3) is 22.0 Å². The summed E-state index contributed by atoms with van der Waals surface area (Å²) in [4.78, 5) is 7.12. The SMILES string of the molecule is CC1CCN(c2nc(-c3ccc4cc(Br)ccc4c3)cs2)C(N)C1. The van der Waals surface area contributed by atoms with Crippen LogP contribution in [-0.4, -0.2) is 17.7 Å². The van der Waals surface area contributed by atoms with E-state index in [1.165, 1.54) is 17.2 Å². The van der Waals surface area contributed by atoms with Gasteiger partial charge in [0.2, 0.25) is 0 Å². The van der Waals surface area contributed by atoms with Crippen LogP contribution in [0.4, 0.5) is 5.13 Å². The highest BCUT2D eigenvalue weighted by atomic mass is 79.9. The van der Waals surface area contributed by atoms with Gasteiger partial charge in [0.25, 0.3) is 0 Å². The molecule has 3 nitrogen and oxygen atoms in total. The average Bonchev–Trinajstić information content (AvgIpc) is 3.04. The van der Waals surface area contributed by atoms with Crippen LogP contribution in [0, 0.1) is 5.92 Å². The van der Waals surface area contributed by atoms with Crippen molar-refractivity contribution in [2.75, 3.05) is 11.4 Å². The van der Waals surface area contributed by atoms with Gasteiger partial charge in [-0.05, 0) is 47.7 Å². The van der Waals surface area contributed by atoms with E-state index in [0.29, 0.717) is 5.92 Å². The molecule has 1 aliphatic rings. The van der Waals surface area contributed by atoms with Gasteiger partial charge in [-0.1, -0.05) is 41.1 Å². The molecular formula is C19H20BrN3S. The van der Waals surface area contributed by atoms with E-state index in [-0.39, 0.29) is 6.17 Å². The number of benzene rings is 2. The van der Waals surface area contributed by atoms with Gasteiger partial charge in [-0.2, -0.15) is 0 Å². The zero-order valence-corrected chi connectivity index (χ0v) is 16.0. The van der Waals surface area contributed by atoms with Crippen LogP contribution >= 0.6 is 27.3 Å². The molecule has 0 aliphatic carbocycles. The first kappa shape index (κ1) is 16.1. The second-order valence-electron chi connectivity index (χ2n) is 6.61. The molecular weight excluding hydrogens is 382 g/mol. The number of nitrogens with zero attached hydrogens (tertiary/aromatic N) is 2. The van der Waals surface area contributed by atoms with E-state index in [1.54, 1.807) is 11.3 Å². The summed E-state index contributed by atoms with van der Waals surface area (Å²) >= 11 is 5.22. The van der Waals surface area contributed by atoms with Crippen LogP contribution in [0.2, 0.25) is 0 Å². The van der Waals surface area contributed by atoms with E-state index in [9.17, 15) is 0 Å². The minimum absolute atomic E-state index is 0.0849. The number of hydrogen-bond donors (Lipinski definition) is 1. The van der Waals surface area contributed by atoms with Crippen molar-refractivity contribution in [2.24, 2.45) is 11.7 Å². The molecule has 2 heterocycles. The molecule has 2 atom stereocenters. The normalized spacial score (nSPS) is 21.4. The van der Waals surface area contributed by atoms with E-state index >= 15 is 0 Å². The lowest BCUT2D eigenvalue weighted by Crippen LogP contribution is -2.47. The van der Waals surface area contributed by atoms with Crippen LogP contribution in [0.1, 0.15) is 19.8 Å². The van der Waals surface area contributed by atoms with Crippen LogP contribution < -0.4 is 10.6 Å². The molecule has 4 rings (SSSR count). The highest BCUT2D eigenvalue weighted by Crippen LogP contribution is 2.33. The van der Waals surface area contributed by atoms with Gasteiger partial charge in [0.05, 0.1) is 11.9 Å². The van der Waals surface area contributed by atoms with Crippen molar-refractivity contribution >= 4 is 43.2 Å². The molecule has 2 N–H and O–H groups in total. The second kappa shape index (κ2) is 6.47. The number of nitrogens with two attached hydrogens (primary N) is 1. The smallest absolute Gasteiger partial charge is 0.187 e. The maximum absolute atomic E-state index is 6.33. The molecule has 1 aliphatic heterocycles. The maximum Gasteiger partial charge on any atom is 0.187 e. The molecule has 3 aromatic rings. The molecule has 5 heteroatoms. The third kappa shape index (κ3) is 3.08. The third-order valence-electron chi connectivity index (χ3n) is 4.74. The molecule has 0 spiro atoms. The van der Waals surface area contributed by atoms with Crippen molar-refractivity contribution in [3.8, 4) is 11.3 Å². The van der Waals surface area contributed by atoms with Crippen molar-refractivity contribution in [2.45, 2.75) is 25.9 Å². The number of fused-ring (bicyclic) bond motifs is 1. The lowest BCUT2D eigenvalue weighted by Gasteiger charge is -2.35. The summed E-state index contributed by atoms with van der Waals surface area (Å²) in [5.41, 5.74) is 8.52. The summed E-state index contributed by atoms with van der Waals surface area (Å²) in [6, 6.07) is 12.9. The molecule has 2 aromatic carbocycles. The van der Waals surface area contributed by atoms with E-state index in [0.717, 1.165) is 33.8 Å². The molecule has 1 fully saturated rings. The minimum atomic E-state index is 0.0849. The Balaban J connectivity index is 1.64. The topological polar surface area (TPSA) is 42.2 Å². The summed E-state index contributed by atoms with van der Waals surface area (Å²) in [5, 5.41) is 5.64. The summed E-state index contributed by atoms with van der Waals surface area (Å²) < 4.78 is 1.10. The van der Waals surface area contributed by atoms with Gasteiger partial charge in [-0.3, -0.25) is 0 Å². The Morgan fingerprint density at radius 2 is 2.00 bits per heavy atom. The van der Waals surface area contributed by atoms with Gasteiger partial charge in [0.1, 0.15) is 0 Å². The molecule has 0 amide bonds. The summed E-state index contributed by atoms with van der Waals surface area (Å²) in [7, 11) is 0. The highest BCUT2D eigenvalue weighted by Gasteiger charge is 2.25. The zero-order valence-electron chi connectivity index (χ0n) is 13.6. The van der Waals surface area contributed by atoms with Gasteiger partial charge in [0.15, 0.2) is 5.13 Å². The number of thiazole rings is 1. The number of halogens is 1. The van der Waals surface area contributed by atoms with Crippen LogP contribution in [-0.2, 0) is 0 Å². The number of rotatable bonds is 2. The van der Waals surface area contributed by atoms with E-state index in [1.807, 2.05) is 0 Å². The Hall–Kier alpha value is -1.43. The van der Waals surface area contributed by atoms with Crippen molar-refractivity contribution in [1.29, 1.82) is 0 Å². The third-order valence-corrected chi connectivity index (χ3v) is 6.11. The van der Waals surface area contributed by atoms with Gasteiger partial charge < -0.3 is 10.6 Å². The lowest BCUT2D eigenvalue weighted by molar-refractivity contribution is 0.368. The maximum atomic E-state index is 6.33. The molecule has 0 saturated carbocycles. The van der Waals surface area contributed by atoms with Gasteiger partial charge in [-0.25, -0.2) is 4.98 Å². The first-order chi connectivity index (χ1) is 11.6. The summed E-state index contributed by atoms with van der Waals surface area (Å²) in [6.45, 7) is 3.28. The Morgan fingerprint density at radius 1 is 1.21 bits per heavy atom. The summed E-state index contributed by atoms with van der Waals surface area (Å²) in [5.74, 6) is 0.704. The van der Waals surface area contributed by atoms with Crippen molar-refractivity contribution in [3.63, 3.8) is 0 Å². The Kier molecular flexibility index (Phi) is 4.33. The molecule has 1 saturated heterocycles. The standard InChI is InChI=1S/C19H20BrN3S/c1-12-6-7-23(18(21)8-12)19-22-17(11-24-19)15-3-2-14-10-16(20)5-4-13(14)9-15/h2-5,9-12,18H,6-8,21H2,1H3. The van der Waals surface area contributed by atoms with E-state index in [4.69, 9.17) is 10.7 Å². The fraction of sp³-hybridized carbons (Fsp3) is 0.316. The molecule has 0 radical (unpaired) electrons. The molecule has 24 heavy (non-hydrogen) atoms. The van der Waals surface area contributed by atoms with Crippen molar-refractivity contribution in [1.82, 2.24) is 4.98 Å². The molecule has 2 unspecified atom stereocenters. The summed E-state index contributed by atoms with van der Waals surface area (Å²) in [6.07, 6.45) is 2.31. The quantitative estimate of drug-likeness (QED) is 0.637. The van der Waals surface area contributed by atoms with Crippen LogP contribution in [0.5, 0.6) is 0 Å². The average molecular weight is 402 g/mol. The zero-order chi connectivity index (χ0) is 16.7. The highest BCUT2D eigenvalue weighted by molar-refractivity contribution is 9.10. The first-order valence-corrected chi connectivity index (χ1v) is 9.95. The number of anilines is 1. The Bertz CT molecular complexity index is 876. The second-order valence-corrected chi connectivity index (χ2v) is 8.36. The largest absolute Gasteiger partial charge is 0.333 e. The first-order valence-electron chi connectivity index (χ1n) is 8.27. The molecule has 0 bridgehead atoms. The monoisotopic (exact) mass is 401 g/mol. The van der Waals surface area contributed by atoms with E-state index < -0.39 is 0 Å². The number of hydrogen-bond acceptors (Lipinski definition) is 4. The van der Waals surface area contributed by atoms with Gasteiger partial charge in [-0.15, -0.1) is 11.3 Å². The van der Waals surface area contributed by atoms with E-state index in [2.05, 4.69) is 69.5 Å². The van der Waals surface area contributed by atoms with Crippen molar-refractivity contribution in [3.05, 3.63) is 46.3 Å². The number of piperidine rings is 1. The molecule has 1 aromatic heterocycles. The van der Waals surface area contributed by atoms with Gasteiger partial charge in [0, 0.05) is 22.0 Å². The van der Waals surface area contributed by atoms with Crippen LogP contribution in [0.15, 0.2) is 46.3 Å². The Labute approximate surface area is 154 Å². The van der Waals surface area contributed by atoms with Gasteiger partial charge >= 0.3 is 0 Å². The fourth-order valence-electron chi connectivity index (χ4n) is 3.32. The predicted molar refractivity (Wildman–Crippen MR) is 106 cm³/mol. The Morgan fingerprint density at radius 3 is 2.83 bits per heavy atom. The van der Waals surface area contributed by atoms with Crippen LogP contribution in [0.3, 0.4) is 0 Å². The number of aromatic nitrogens is 1. The minimum Gasteiger partial charge on any atom is -0.333 e. The lowest BCUT2D eigenvalue weighted by atomic mass is 9.97. The molecule has 124 valence electrons. The fourth-order valence-corrected chi connectivity index (χ4v) is 4.62. The van der Waals surface area contributed by atoms with Crippen molar-refractivity contribution < 1.29 is 0 Å². The predicted octanol–water partition coefficient (Wildman–Crippen LogP) is 5.25.